The van der Waals surface area contributed by atoms with Crippen LogP contribution in [0.3, 0.4) is 0 Å². The number of imide groups is 1. The molecule has 1 atom stereocenters. The molecule has 0 spiro atoms. The second-order valence-corrected chi connectivity index (χ2v) is 5.26. The first kappa shape index (κ1) is 17.5. The lowest BCUT2D eigenvalue weighted by molar-refractivity contribution is -0.135. The third-order valence-electron chi connectivity index (χ3n) is 3.88. The van der Waals surface area contributed by atoms with Crippen molar-refractivity contribution in [3.8, 4) is 11.8 Å². The molecule has 1 saturated heterocycles. The average Bonchev–Trinajstić information content (AvgIpc) is 2.82. The van der Waals surface area contributed by atoms with Crippen molar-refractivity contribution in [1.82, 2.24) is 14.5 Å². The van der Waals surface area contributed by atoms with E-state index in [4.69, 9.17) is 0 Å². The number of aromatic nitrogens is 2. The van der Waals surface area contributed by atoms with Crippen molar-refractivity contribution in [3.63, 3.8) is 0 Å². The van der Waals surface area contributed by atoms with Crippen LogP contribution >= 0.6 is 0 Å². The Morgan fingerprint density at radius 3 is 2.50 bits per heavy atom. The summed E-state index contributed by atoms with van der Waals surface area (Å²) in [5, 5.41) is 2.29. The summed E-state index contributed by atoms with van der Waals surface area (Å²) in [5.41, 5.74) is 1.93. The second kappa shape index (κ2) is 7.18. The minimum Gasteiger partial charge on any atom is -0.295 e. The Bertz CT molecular complexity index is 909. The number of carbonyl (C=O) groups excluding carboxylic acids is 2. The number of hydrogen-bond acceptors (Lipinski definition) is 3. The van der Waals surface area contributed by atoms with Crippen LogP contribution in [0.2, 0.25) is 0 Å². The number of benzene rings is 1. The van der Waals surface area contributed by atoms with Crippen molar-refractivity contribution < 1.29 is 9.59 Å². The van der Waals surface area contributed by atoms with Gasteiger partial charge in [0, 0.05) is 19.0 Å². The van der Waals surface area contributed by atoms with Gasteiger partial charge in [-0.05, 0) is 31.5 Å². The van der Waals surface area contributed by atoms with Gasteiger partial charge in [-0.2, -0.15) is 0 Å². The molecule has 1 N–H and O–H groups in total. The van der Waals surface area contributed by atoms with Gasteiger partial charge < -0.3 is 0 Å². The van der Waals surface area contributed by atoms with Crippen LogP contribution in [0.1, 0.15) is 45.2 Å². The van der Waals surface area contributed by atoms with Gasteiger partial charge in [0.1, 0.15) is 6.04 Å². The van der Waals surface area contributed by atoms with Crippen LogP contribution in [0.5, 0.6) is 0 Å². The maximum Gasteiger partial charge on any atom is 0.329 e. The van der Waals surface area contributed by atoms with E-state index < -0.39 is 11.9 Å². The predicted octanol–water partition coefficient (Wildman–Crippen LogP) is 1.72. The Labute approximate surface area is 140 Å². The average molecular weight is 327 g/mol. The molecule has 1 unspecified atom stereocenters. The second-order valence-electron chi connectivity index (χ2n) is 5.26. The number of nitrogens with one attached hydrogen (secondary N) is 1. The highest BCUT2D eigenvalue weighted by Gasteiger charge is 2.31. The fourth-order valence-electron chi connectivity index (χ4n) is 2.82. The van der Waals surface area contributed by atoms with Gasteiger partial charge in [0.15, 0.2) is 0 Å². The summed E-state index contributed by atoms with van der Waals surface area (Å²) >= 11 is 0. The molecule has 2 aromatic rings. The van der Waals surface area contributed by atoms with E-state index in [1.54, 1.807) is 20.0 Å². The first-order valence-electron chi connectivity index (χ1n) is 8.00. The number of carbonyl (C=O) groups is 2. The highest BCUT2D eigenvalue weighted by atomic mass is 16.2. The van der Waals surface area contributed by atoms with Gasteiger partial charge in [-0.1, -0.05) is 19.8 Å². The van der Waals surface area contributed by atoms with Gasteiger partial charge in [0.2, 0.25) is 11.8 Å². The van der Waals surface area contributed by atoms with Crippen LogP contribution in [0.25, 0.3) is 11.0 Å². The smallest absolute Gasteiger partial charge is 0.295 e. The Morgan fingerprint density at radius 2 is 1.88 bits per heavy atom. The molecule has 1 aliphatic rings. The van der Waals surface area contributed by atoms with Gasteiger partial charge in [0.05, 0.1) is 11.0 Å². The van der Waals surface area contributed by atoms with Gasteiger partial charge in [0.25, 0.3) is 0 Å². The maximum atomic E-state index is 12.5. The summed E-state index contributed by atoms with van der Waals surface area (Å²) in [4.78, 5) is 35.8. The van der Waals surface area contributed by atoms with E-state index in [1.165, 1.54) is 9.13 Å². The molecule has 0 saturated carbocycles. The summed E-state index contributed by atoms with van der Waals surface area (Å²) in [7, 11) is 1.66. The normalized spacial score (nSPS) is 16.8. The third kappa shape index (κ3) is 2.98. The molecule has 6 nitrogen and oxygen atoms in total. The predicted molar refractivity (Wildman–Crippen MR) is 92.5 cm³/mol. The standard InChI is InChI=1S/C16H15N3O3.C2H6/c1-3-4-10-5-6-11-13(9-10)18(2)16(22)19(11)12-7-8-14(20)17-15(12)21;1-2/h5-6,9,12H,7-8H2,1-2H3,(H,17,20,21);1-2H3. The lowest BCUT2D eigenvalue weighted by Crippen LogP contribution is -2.44. The van der Waals surface area contributed by atoms with Crippen LogP contribution < -0.4 is 11.0 Å². The fraction of sp³-hybridized carbons (Fsp3) is 0.389. The summed E-state index contributed by atoms with van der Waals surface area (Å²) in [6.45, 7) is 5.75. The van der Waals surface area contributed by atoms with E-state index in [1.807, 2.05) is 26.0 Å². The molecule has 1 aromatic carbocycles. The van der Waals surface area contributed by atoms with Crippen LogP contribution in [0.4, 0.5) is 0 Å². The first-order chi connectivity index (χ1) is 11.5. The van der Waals surface area contributed by atoms with E-state index >= 15 is 0 Å². The van der Waals surface area contributed by atoms with Crippen LogP contribution in [-0.4, -0.2) is 20.9 Å². The summed E-state index contributed by atoms with van der Waals surface area (Å²) in [6, 6.07) is 4.79. The zero-order valence-electron chi connectivity index (χ0n) is 14.3. The summed E-state index contributed by atoms with van der Waals surface area (Å²) < 4.78 is 2.96. The maximum absolute atomic E-state index is 12.5. The van der Waals surface area contributed by atoms with Crippen molar-refractivity contribution >= 4 is 22.8 Å². The molecule has 0 bridgehead atoms. The molecule has 2 amide bonds. The zero-order chi connectivity index (χ0) is 17.9. The quantitative estimate of drug-likeness (QED) is 0.640. The minimum absolute atomic E-state index is 0.235. The topological polar surface area (TPSA) is 73.1 Å². The number of aryl methyl sites for hydroxylation is 1. The van der Waals surface area contributed by atoms with Gasteiger partial charge in [-0.15, -0.1) is 5.92 Å². The Hall–Kier alpha value is -2.81. The van der Waals surface area contributed by atoms with Crippen LogP contribution in [0.15, 0.2) is 23.0 Å². The van der Waals surface area contributed by atoms with Gasteiger partial charge in [-0.25, -0.2) is 4.79 Å². The largest absolute Gasteiger partial charge is 0.329 e. The minimum atomic E-state index is -0.656. The monoisotopic (exact) mass is 327 g/mol. The van der Waals surface area contributed by atoms with E-state index in [-0.39, 0.29) is 18.0 Å². The van der Waals surface area contributed by atoms with E-state index in [9.17, 15) is 14.4 Å². The summed E-state index contributed by atoms with van der Waals surface area (Å²) in [5.74, 6) is 5.05. The Balaban J connectivity index is 0.00000100. The molecule has 2 heterocycles. The number of nitrogens with zero attached hydrogens (tertiary/aromatic N) is 2. The number of piperidine rings is 1. The SMILES string of the molecule is CC.CC#Cc1ccc2c(c1)n(C)c(=O)n2C1CCC(=O)NC1=O. The van der Waals surface area contributed by atoms with E-state index in [2.05, 4.69) is 17.2 Å². The lowest BCUT2D eigenvalue weighted by Gasteiger charge is -2.21. The highest BCUT2D eigenvalue weighted by molar-refractivity contribution is 6.00. The molecule has 0 radical (unpaired) electrons. The molecule has 1 aliphatic heterocycles. The van der Waals surface area contributed by atoms with Gasteiger partial charge in [-0.3, -0.25) is 24.0 Å². The number of imidazole rings is 1. The molecule has 0 aliphatic carbocycles. The number of fused-ring (bicyclic) bond motifs is 1. The molecule has 3 rings (SSSR count). The Kier molecular flexibility index (Phi) is 5.24. The van der Waals surface area contributed by atoms with E-state index in [0.717, 1.165) is 11.1 Å². The van der Waals surface area contributed by atoms with Crippen molar-refractivity contribution in [2.45, 2.75) is 39.7 Å². The molecular weight excluding hydrogens is 306 g/mol. The third-order valence-corrected chi connectivity index (χ3v) is 3.88. The molecule has 24 heavy (non-hydrogen) atoms. The first-order valence-corrected chi connectivity index (χ1v) is 8.00. The molecule has 1 aromatic heterocycles. The Morgan fingerprint density at radius 1 is 1.17 bits per heavy atom. The van der Waals surface area contributed by atoms with Crippen molar-refractivity contribution in [2.75, 3.05) is 0 Å². The molecular formula is C18H21N3O3. The highest BCUT2D eigenvalue weighted by Crippen LogP contribution is 2.23. The zero-order valence-corrected chi connectivity index (χ0v) is 14.3. The number of hydrogen-bond donors (Lipinski definition) is 1. The number of rotatable bonds is 1. The van der Waals surface area contributed by atoms with Crippen molar-refractivity contribution in [3.05, 3.63) is 34.2 Å². The van der Waals surface area contributed by atoms with Crippen LogP contribution in [-0.2, 0) is 16.6 Å². The van der Waals surface area contributed by atoms with Crippen molar-refractivity contribution in [1.29, 1.82) is 0 Å². The van der Waals surface area contributed by atoms with Crippen molar-refractivity contribution in [2.24, 2.45) is 7.05 Å². The number of amides is 2. The van der Waals surface area contributed by atoms with Gasteiger partial charge >= 0.3 is 5.69 Å². The molecule has 6 heteroatoms. The van der Waals surface area contributed by atoms with E-state index in [0.29, 0.717) is 11.9 Å². The lowest BCUT2D eigenvalue weighted by atomic mass is 10.1. The summed E-state index contributed by atoms with van der Waals surface area (Å²) in [6.07, 6.45) is 0.568. The molecule has 126 valence electrons. The molecule has 1 fully saturated rings. The van der Waals surface area contributed by atoms with Crippen LogP contribution in [0, 0.1) is 11.8 Å². The fourth-order valence-corrected chi connectivity index (χ4v) is 2.82.